The van der Waals surface area contributed by atoms with Gasteiger partial charge in [0.15, 0.2) is 0 Å². The molecule has 3 fully saturated rings. The predicted octanol–water partition coefficient (Wildman–Crippen LogP) is 3.91. The van der Waals surface area contributed by atoms with E-state index in [9.17, 15) is 23.3 Å². The maximum Gasteiger partial charge on any atom is 0.306 e. The number of benzene rings is 2. The van der Waals surface area contributed by atoms with Crippen LogP contribution in [0.25, 0.3) is 0 Å². The van der Waals surface area contributed by atoms with Crippen LogP contribution >= 0.6 is 0 Å². The standard InChI is InChI=1S/C23H29N3O4.C7H8O3S/c24-13-18-2-1-11-26(18)22(27)21-12-17(14-25-21)15-3-7-19(8-4-15)30-20-9-5-16(6-10-20)23(28)29;1-6-2-4-7(5-3-6)11(8,9)10/h3-4,7-8,16-18,20-21,25H,1-2,5-6,9-12,14H2,(H,28,29);2-5H,1H3,(H,8,9,10)/t16?,17-,18-,20?,21-;/m0./s1. The van der Waals surface area contributed by atoms with Crippen LogP contribution in [0.5, 0.6) is 5.75 Å². The Morgan fingerprint density at radius 1 is 1.02 bits per heavy atom. The van der Waals surface area contributed by atoms with Gasteiger partial charge in [-0.2, -0.15) is 13.7 Å². The number of carboxylic acid groups (broad SMARTS) is 1. The molecule has 2 heterocycles. The third-order valence-corrected chi connectivity index (χ3v) is 8.98. The molecule has 220 valence electrons. The molecule has 0 radical (unpaired) electrons. The highest BCUT2D eigenvalue weighted by molar-refractivity contribution is 7.85. The summed E-state index contributed by atoms with van der Waals surface area (Å²) in [5, 5.41) is 21.7. The van der Waals surface area contributed by atoms with E-state index in [4.69, 9.17) is 14.4 Å². The Kier molecular flexibility index (Phi) is 10.0. The van der Waals surface area contributed by atoms with Crippen LogP contribution in [0.2, 0.25) is 0 Å². The van der Waals surface area contributed by atoms with Gasteiger partial charge in [-0.25, -0.2) is 0 Å². The lowest BCUT2D eigenvalue weighted by molar-refractivity contribution is -0.143. The summed E-state index contributed by atoms with van der Waals surface area (Å²) in [6.07, 6.45) is 5.39. The number of nitriles is 1. The number of hydrogen-bond acceptors (Lipinski definition) is 7. The van der Waals surface area contributed by atoms with Crippen LogP contribution in [0.1, 0.15) is 62.0 Å². The Morgan fingerprint density at radius 3 is 2.27 bits per heavy atom. The van der Waals surface area contributed by atoms with Crippen LogP contribution in [0, 0.1) is 24.2 Å². The summed E-state index contributed by atoms with van der Waals surface area (Å²) >= 11 is 0. The summed E-state index contributed by atoms with van der Waals surface area (Å²) in [4.78, 5) is 25.5. The molecule has 0 unspecified atom stereocenters. The highest BCUT2D eigenvalue weighted by atomic mass is 32.2. The SMILES string of the molecule is Cc1ccc(S(=O)(=O)O)cc1.N#C[C@@H]1CCCN1C(=O)[C@@H]1C[C@H](c2ccc(OC3CCC(C(=O)O)CC3)cc2)CN1. The Labute approximate surface area is 241 Å². The second-order valence-corrected chi connectivity index (χ2v) is 12.4. The maximum absolute atomic E-state index is 12.8. The van der Waals surface area contributed by atoms with Crippen molar-refractivity contribution in [1.29, 1.82) is 5.26 Å². The summed E-state index contributed by atoms with van der Waals surface area (Å²) in [6, 6.07) is 15.8. The van der Waals surface area contributed by atoms with E-state index in [0.29, 0.717) is 19.4 Å². The molecule has 1 amide bonds. The second kappa shape index (κ2) is 13.5. The monoisotopic (exact) mass is 583 g/mol. The topological polar surface area (TPSA) is 157 Å². The lowest BCUT2D eigenvalue weighted by Crippen LogP contribution is -2.45. The third kappa shape index (κ3) is 8.06. The van der Waals surface area contributed by atoms with Gasteiger partial charge in [0.25, 0.3) is 10.1 Å². The van der Waals surface area contributed by atoms with Crippen LogP contribution in [0.15, 0.2) is 53.4 Å². The van der Waals surface area contributed by atoms with Crippen molar-refractivity contribution in [3.8, 4) is 11.8 Å². The lowest BCUT2D eigenvalue weighted by atomic mass is 9.87. The molecular weight excluding hydrogens is 546 g/mol. The molecule has 5 rings (SSSR count). The molecule has 3 atom stereocenters. The minimum absolute atomic E-state index is 0.0541. The van der Waals surface area contributed by atoms with E-state index in [1.165, 1.54) is 17.7 Å². The molecule has 1 saturated carbocycles. The minimum Gasteiger partial charge on any atom is -0.490 e. The number of ether oxygens (including phenoxy) is 1. The van der Waals surface area contributed by atoms with Gasteiger partial charge in [0.1, 0.15) is 11.8 Å². The number of hydrogen-bond donors (Lipinski definition) is 3. The van der Waals surface area contributed by atoms with E-state index in [2.05, 4.69) is 23.5 Å². The van der Waals surface area contributed by atoms with Crippen LogP contribution in [-0.2, 0) is 19.7 Å². The van der Waals surface area contributed by atoms with Crippen molar-refractivity contribution < 1.29 is 32.4 Å². The third-order valence-electron chi connectivity index (χ3n) is 8.11. The largest absolute Gasteiger partial charge is 0.490 e. The molecule has 0 aromatic heterocycles. The van der Waals surface area contributed by atoms with Gasteiger partial charge >= 0.3 is 5.97 Å². The molecule has 0 spiro atoms. The highest BCUT2D eigenvalue weighted by Crippen LogP contribution is 2.31. The molecule has 1 aliphatic carbocycles. The van der Waals surface area contributed by atoms with Crippen molar-refractivity contribution in [3.05, 3.63) is 59.7 Å². The van der Waals surface area contributed by atoms with Crippen molar-refractivity contribution in [2.45, 2.75) is 80.9 Å². The molecule has 10 nitrogen and oxygen atoms in total. The molecule has 2 aromatic carbocycles. The normalized spacial score (nSPS) is 26.0. The fourth-order valence-electron chi connectivity index (χ4n) is 5.69. The number of likely N-dealkylation sites (tertiary alicyclic amines) is 1. The lowest BCUT2D eigenvalue weighted by Gasteiger charge is -2.27. The number of carbonyl (C=O) groups is 2. The van der Waals surface area contributed by atoms with Crippen LogP contribution in [0.3, 0.4) is 0 Å². The van der Waals surface area contributed by atoms with Gasteiger partial charge in [-0.1, -0.05) is 29.8 Å². The second-order valence-electron chi connectivity index (χ2n) is 11.0. The van der Waals surface area contributed by atoms with E-state index in [-0.39, 0.29) is 40.8 Å². The predicted molar refractivity (Wildman–Crippen MR) is 151 cm³/mol. The van der Waals surface area contributed by atoms with E-state index < -0.39 is 16.1 Å². The average molecular weight is 584 g/mol. The first-order valence-corrected chi connectivity index (χ1v) is 15.5. The van der Waals surface area contributed by atoms with Crippen molar-refractivity contribution in [2.24, 2.45) is 5.92 Å². The fourth-order valence-corrected chi connectivity index (χ4v) is 6.17. The van der Waals surface area contributed by atoms with E-state index in [0.717, 1.165) is 50.0 Å². The molecule has 11 heteroatoms. The molecule has 2 saturated heterocycles. The summed E-state index contributed by atoms with van der Waals surface area (Å²) < 4.78 is 35.6. The van der Waals surface area contributed by atoms with Crippen molar-refractivity contribution in [2.75, 3.05) is 13.1 Å². The summed E-state index contributed by atoms with van der Waals surface area (Å²) in [7, 11) is -4.02. The summed E-state index contributed by atoms with van der Waals surface area (Å²) in [6.45, 7) is 3.27. The van der Waals surface area contributed by atoms with Gasteiger partial charge in [-0.15, -0.1) is 0 Å². The number of aryl methyl sites for hydroxylation is 1. The van der Waals surface area contributed by atoms with Crippen molar-refractivity contribution in [3.63, 3.8) is 0 Å². The molecule has 41 heavy (non-hydrogen) atoms. The Morgan fingerprint density at radius 2 is 1.68 bits per heavy atom. The number of carboxylic acids is 1. The quantitative estimate of drug-likeness (QED) is 0.429. The van der Waals surface area contributed by atoms with Gasteiger partial charge < -0.3 is 20.1 Å². The zero-order valence-corrected chi connectivity index (χ0v) is 23.9. The van der Waals surface area contributed by atoms with Gasteiger partial charge in [0, 0.05) is 13.1 Å². The van der Waals surface area contributed by atoms with Crippen LogP contribution in [0.4, 0.5) is 0 Å². The molecule has 3 N–H and O–H groups in total. The first-order chi connectivity index (χ1) is 19.5. The Hall–Kier alpha value is -3.46. The maximum atomic E-state index is 12.8. The van der Waals surface area contributed by atoms with Gasteiger partial charge in [-0.05, 0) is 87.6 Å². The zero-order chi connectivity index (χ0) is 29.6. The van der Waals surface area contributed by atoms with E-state index in [1.54, 1.807) is 17.0 Å². The smallest absolute Gasteiger partial charge is 0.306 e. The minimum atomic E-state index is -4.02. The zero-order valence-electron chi connectivity index (χ0n) is 23.1. The number of amides is 1. The van der Waals surface area contributed by atoms with Crippen molar-refractivity contribution >= 4 is 22.0 Å². The van der Waals surface area contributed by atoms with Gasteiger partial charge in [0.2, 0.25) is 5.91 Å². The fraction of sp³-hybridized carbons (Fsp3) is 0.500. The van der Waals surface area contributed by atoms with Crippen molar-refractivity contribution in [1.82, 2.24) is 10.2 Å². The molecule has 3 aliphatic rings. The average Bonchev–Trinajstić information content (AvgIpc) is 3.64. The number of aliphatic carboxylic acids is 1. The molecular formula is C30H37N3O7S. The number of nitrogens with one attached hydrogen (secondary N) is 1. The molecule has 0 bridgehead atoms. The van der Waals surface area contributed by atoms with Gasteiger partial charge in [0.05, 0.1) is 29.0 Å². The number of carbonyl (C=O) groups excluding carboxylic acids is 1. The molecule has 2 aromatic rings. The van der Waals surface area contributed by atoms with E-state index >= 15 is 0 Å². The first-order valence-electron chi connectivity index (χ1n) is 14.0. The summed E-state index contributed by atoms with van der Waals surface area (Å²) in [5.41, 5.74) is 2.13. The number of nitrogens with zero attached hydrogens (tertiary/aromatic N) is 2. The Bertz CT molecular complexity index is 1350. The highest BCUT2D eigenvalue weighted by Gasteiger charge is 2.37. The molecule has 2 aliphatic heterocycles. The first kappa shape index (κ1) is 30.5. The number of rotatable bonds is 6. The van der Waals surface area contributed by atoms with E-state index in [1.807, 2.05) is 19.1 Å². The Balaban J connectivity index is 0.000000296. The summed E-state index contributed by atoms with van der Waals surface area (Å²) in [5.74, 6) is 0.194. The van der Waals surface area contributed by atoms with Crippen LogP contribution < -0.4 is 10.1 Å². The van der Waals surface area contributed by atoms with Crippen LogP contribution in [-0.4, -0.2) is 66.1 Å². The van der Waals surface area contributed by atoms with Gasteiger partial charge in [-0.3, -0.25) is 14.1 Å².